The monoisotopic (exact) mass is 319 g/mol. The average molecular weight is 319 g/mol. The van der Waals surface area contributed by atoms with Gasteiger partial charge in [-0.1, -0.05) is 18.2 Å². The van der Waals surface area contributed by atoms with Crippen molar-refractivity contribution in [2.24, 2.45) is 0 Å². The number of fused-ring (bicyclic) bond motifs is 1. The molecule has 0 bridgehead atoms. The molecule has 2 heterocycles. The molecular formula is C18H25NO4. The Balaban J connectivity index is 1.87. The van der Waals surface area contributed by atoms with Gasteiger partial charge in [0.1, 0.15) is 12.7 Å². The highest BCUT2D eigenvalue weighted by Crippen LogP contribution is 2.31. The van der Waals surface area contributed by atoms with Crippen LogP contribution in [-0.2, 0) is 19.1 Å². The Morgan fingerprint density at radius 3 is 2.52 bits per heavy atom. The fraction of sp³-hybridized carbons (Fsp3) is 0.556. The van der Waals surface area contributed by atoms with Gasteiger partial charge in [0, 0.05) is 36.7 Å². The first-order chi connectivity index (χ1) is 11.0. The molecule has 0 spiro atoms. The molecule has 23 heavy (non-hydrogen) atoms. The molecule has 0 saturated carbocycles. The third-order valence-electron chi connectivity index (χ3n) is 4.53. The van der Waals surface area contributed by atoms with Crippen LogP contribution in [-0.4, -0.2) is 48.7 Å². The van der Waals surface area contributed by atoms with E-state index in [0.29, 0.717) is 17.8 Å². The minimum Gasteiger partial charge on any atom is -0.458 e. The van der Waals surface area contributed by atoms with Gasteiger partial charge in [0.2, 0.25) is 0 Å². The summed E-state index contributed by atoms with van der Waals surface area (Å²) in [6.07, 6.45) is 6.27. The molecule has 2 atom stereocenters. The maximum atomic E-state index is 11.9. The van der Waals surface area contributed by atoms with Gasteiger partial charge in [0.15, 0.2) is 0 Å². The summed E-state index contributed by atoms with van der Waals surface area (Å²) in [6, 6.07) is 0.206. The number of rotatable bonds is 5. The topological polar surface area (TPSA) is 55.8 Å². The Morgan fingerprint density at radius 1 is 1.22 bits per heavy atom. The molecule has 2 aliphatic rings. The van der Waals surface area contributed by atoms with E-state index in [0.717, 1.165) is 25.1 Å². The standard InChI is InChI=1S/C18H25NO4/c1-5-12(3)17(20)22-11-14-7-8-19-10-15(9-16(14)19)23-18(21)13(4)6-2/h5-7,15-16H,8-11H2,1-4H3/b12-5+,13-6+. The van der Waals surface area contributed by atoms with Crippen LogP contribution in [0.5, 0.6) is 0 Å². The quantitative estimate of drug-likeness (QED) is 0.442. The van der Waals surface area contributed by atoms with Gasteiger partial charge in [0.05, 0.1) is 0 Å². The molecule has 0 aromatic heterocycles. The average Bonchev–Trinajstić information content (AvgIpc) is 3.11. The van der Waals surface area contributed by atoms with E-state index in [1.807, 2.05) is 13.8 Å². The summed E-state index contributed by atoms with van der Waals surface area (Å²) in [6.45, 7) is 8.99. The summed E-state index contributed by atoms with van der Waals surface area (Å²) in [5.74, 6) is -0.532. The highest BCUT2D eigenvalue weighted by Gasteiger charge is 2.39. The van der Waals surface area contributed by atoms with Crippen LogP contribution in [0.15, 0.2) is 34.9 Å². The summed E-state index contributed by atoms with van der Waals surface area (Å²) in [4.78, 5) is 25.8. The van der Waals surface area contributed by atoms with Crippen LogP contribution >= 0.6 is 0 Å². The van der Waals surface area contributed by atoms with Crippen LogP contribution in [0, 0.1) is 0 Å². The van der Waals surface area contributed by atoms with Gasteiger partial charge in [0.25, 0.3) is 0 Å². The third-order valence-corrected chi connectivity index (χ3v) is 4.53. The van der Waals surface area contributed by atoms with Gasteiger partial charge in [-0.05, 0) is 33.3 Å². The van der Waals surface area contributed by atoms with E-state index in [1.165, 1.54) is 0 Å². The third kappa shape index (κ3) is 4.10. The number of ether oxygens (including phenoxy) is 2. The largest absolute Gasteiger partial charge is 0.458 e. The van der Waals surface area contributed by atoms with Crippen LogP contribution < -0.4 is 0 Å². The van der Waals surface area contributed by atoms with Crippen molar-refractivity contribution in [3.8, 4) is 0 Å². The molecule has 0 radical (unpaired) electrons. The molecule has 0 aromatic rings. The zero-order valence-electron chi connectivity index (χ0n) is 14.3. The van der Waals surface area contributed by atoms with Crippen molar-refractivity contribution in [3.05, 3.63) is 34.9 Å². The highest BCUT2D eigenvalue weighted by molar-refractivity contribution is 5.88. The van der Waals surface area contributed by atoms with Crippen molar-refractivity contribution in [2.45, 2.75) is 46.3 Å². The molecule has 5 nitrogen and oxygen atoms in total. The minimum atomic E-state index is -0.281. The first-order valence-electron chi connectivity index (χ1n) is 8.03. The lowest BCUT2D eigenvalue weighted by Gasteiger charge is -2.17. The predicted molar refractivity (Wildman–Crippen MR) is 87.8 cm³/mol. The van der Waals surface area contributed by atoms with E-state index >= 15 is 0 Å². The van der Waals surface area contributed by atoms with Crippen molar-refractivity contribution >= 4 is 11.9 Å². The molecule has 5 heteroatoms. The molecule has 2 unspecified atom stereocenters. The molecule has 0 amide bonds. The molecule has 1 fully saturated rings. The molecule has 126 valence electrons. The Kier molecular flexibility index (Phi) is 5.77. The number of hydrogen-bond acceptors (Lipinski definition) is 5. The normalized spacial score (nSPS) is 25.1. The van der Waals surface area contributed by atoms with Crippen molar-refractivity contribution in [2.75, 3.05) is 19.7 Å². The molecule has 1 saturated heterocycles. The van der Waals surface area contributed by atoms with E-state index in [2.05, 4.69) is 11.0 Å². The smallest absolute Gasteiger partial charge is 0.333 e. The fourth-order valence-electron chi connectivity index (χ4n) is 2.80. The lowest BCUT2D eigenvalue weighted by atomic mass is 10.1. The van der Waals surface area contributed by atoms with Crippen molar-refractivity contribution in [1.82, 2.24) is 4.90 Å². The van der Waals surface area contributed by atoms with Crippen LogP contribution in [0.4, 0.5) is 0 Å². The van der Waals surface area contributed by atoms with E-state index in [1.54, 1.807) is 26.0 Å². The molecular weight excluding hydrogens is 294 g/mol. The second-order valence-electron chi connectivity index (χ2n) is 6.03. The van der Waals surface area contributed by atoms with Crippen molar-refractivity contribution in [1.29, 1.82) is 0 Å². The number of esters is 2. The first-order valence-corrected chi connectivity index (χ1v) is 8.03. The Hall–Kier alpha value is -1.88. The maximum absolute atomic E-state index is 11.9. The van der Waals surface area contributed by atoms with Crippen LogP contribution in [0.3, 0.4) is 0 Å². The number of carbonyl (C=O) groups is 2. The molecule has 2 aliphatic heterocycles. The van der Waals surface area contributed by atoms with E-state index in [-0.39, 0.29) is 24.1 Å². The van der Waals surface area contributed by atoms with Gasteiger partial charge in [-0.25, -0.2) is 9.59 Å². The second-order valence-corrected chi connectivity index (χ2v) is 6.03. The fourth-order valence-corrected chi connectivity index (χ4v) is 2.80. The summed E-state index contributed by atoms with van der Waals surface area (Å²) in [7, 11) is 0. The van der Waals surface area contributed by atoms with Crippen molar-refractivity contribution < 1.29 is 19.1 Å². The van der Waals surface area contributed by atoms with Crippen molar-refractivity contribution in [3.63, 3.8) is 0 Å². The van der Waals surface area contributed by atoms with Gasteiger partial charge < -0.3 is 9.47 Å². The Bertz CT molecular complexity index is 574. The van der Waals surface area contributed by atoms with Gasteiger partial charge >= 0.3 is 11.9 Å². The summed E-state index contributed by atoms with van der Waals surface area (Å²) in [5, 5.41) is 0. The van der Waals surface area contributed by atoms with E-state index < -0.39 is 0 Å². The SMILES string of the molecule is C/C=C(\C)C(=O)OCC1=CCN2CC(OC(=O)/C(C)=C/C)CC12. The van der Waals surface area contributed by atoms with E-state index in [9.17, 15) is 9.59 Å². The zero-order chi connectivity index (χ0) is 17.0. The Labute approximate surface area is 137 Å². The number of carbonyl (C=O) groups excluding carboxylic acids is 2. The van der Waals surface area contributed by atoms with Gasteiger partial charge in [-0.3, -0.25) is 4.90 Å². The zero-order valence-corrected chi connectivity index (χ0v) is 14.3. The van der Waals surface area contributed by atoms with Crippen LogP contribution in [0.25, 0.3) is 0 Å². The predicted octanol–water partition coefficient (Wildman–Crippen LogP) is 2.39. The molecule has 0 N–H and O–H groups in total. The number of nitrogens with zero attached hydrogens (tertiary/aromatic N) is 1. The van der Waals surface area contributed by atoms with Crippen LogP contribution in [0.2, 0.25) is 0 Å². The summed E-state index contributed by atoms with van der Waals surface area (Å²) in [5.41, 5.74) is 2.34. The van der Waals surface area contributed by atoms with Gasteiger partial charge in [-0.2, -0.15) is 0 Å². The lowest BCUT2D eigenvalue weighted by molar-refractivity contribution is -0.143. The molecule has 0 aliphatic carbocycles. The summed E-state index contributed by atoms with van der Waals surface area (Å²) >= 11 is 0. The lowest BCUT2D eigenvalue weighted by Crippen LogP contribution is -2.27. The van der Waals surface area contributed by atoms with E-state index in [4.69, 9.17) is 9.47 Å². The first kappa shape index (κ1) is 17.5. The van der Waals surface area contributed by atoms with Crippen LogP contribution in [0.1, 0.15) is 34.1 Å². The number of allylic oxidation sites excluding steroid dienone is 2. The summed E-state index contributed by atoms with van der Waals surface area (Å²) < 4.78 is 10.9. The highest BCUT2D eigenvalue weighted by atomic mass is 16.5. The van der Waals surface area contributed by atoms with Gasteiger partial charge in [-0.15, -0.1) is 0 Å². The molecule has 0 aromatic carbocycles. The second kappa shape index (κ2) is 7.59. The minimum absolute atomic E-state index is 0.0981. The maximum Gasteiger partial charge on any atom is 0.333 e. The Morgan fingerprint density at radius 2 is 1.87 bits per heavy atom. The molecule has 2 rings (SSSR count). The number of hydrogen-bond donors (Lipinski definition) is 0.